The van der Waals surface area contributed by atoms with Gasteiger partial charge in [-0.25, -0.2) is 9.97 Å². The van der Waals surface area contributed by atoms with Crippen LogP contribution in [0.2, 0.25) is 0 Å². The average molecular weight is 216 g/mol. The SMILES string of the molecule is CCn1ccnc1CCc1ccnc(N)c1. The first kappa shape index (κ1) is 10.7. The van der Waals surface area contributed by atoms with Crippen molar-refractivity contribution < 1.29 is 0 Å². The number of anilines is 1. The van der Waals surface area contributed by atoms with E-state index in [2.05, 4.69) is 21.5 Å². The van der Waals surface area contributed by atoms with Crippen molar-refractivity contribution in [3.8, 4) is 0 Å². The second kappa shape index (κ2) is 4.79. The molecule has 0 atom stereocenters. The van der Waals surface area contributed by atoms with Gasteiger partial charge in [-0.05, 0) is 31.0 Å². The van der Waals surface area contributed by atoms with E-state index >= 15 is 0 Å². The van der Waals surface area contributed by atoms with Crippen LogP contribution in [0.3, 0.4) is 0 Å². The summed E-state index contributed by atoms with van der Waals surface area (Å²) in [4.78, 5) is 8.32. The third-order valence-corrected chi connectivity index (χ3v) is 2.63. The fraction of sp³-hybridized carbons (Fsp3) is 0.333. The molecule has 0 amide bonds. The minimum atomic E-state index is 0.580. The van der Waals surface area contributed by atoms with Gasteiger partial charge in [-0.15, -0.1) is 0 Å². The van der Waals surface area contributed by atoms with Crippen molar-refractivity contribution in [2.75, 3.05) is 5.73 Å². The van der Waals surface area contributed by atoms with Gasteiger partial charge in [0.15, 0.2) is 0 Å². The lowest BCUT2D eigenvalue weighted by Gasteiger charge is -2.05. The zero-order valence-electron chi connectivity index (χ0n) is 9.43. The zero-order chi connectivity index (χ0) is 11.4. The van der Waals surface area contributed by atoms with Crippen molar-refractivity contribution in [2.45, 2.75) is 26.3 Å². The predicted molar refractivity (Wildman–Crippen MR) is 64.0 cm³/mol. The number of rotatable bonds is 4. The van der Waals surface area contributed by atoms with Gasteiger partial charge >= 0.3 is 0 Å². The third kappa shape index (κ3) is 2.39. The van der Waals surface area contributed by atoms with Crippen LogP contribution in [0.5, 0.6) is 0 Å². The summed E-state index contributed by atoms with van der Waals surface area (Å²) in [6.45, 7) is 3.09. The van der Waals surface area contributed by atoms with E-state index in [4.69, 9.17) is 5.73 Å². The molecule has 0 fully saturated rings. The van der Waals surface area contributed by atoms with E-state index in [9.17, 15) is 0 Å². The zero-order valence-corrected chi connectivity index (χ0v) is 9.43. The Morgan fingerprint density at radius 2 is 2.12 bits per heavy atom. The lowest BCUT2D eigenvalue weighted by molar-refractivity contribution is 0.689. The van der Waals surface area contributed by atoms with Crippen LogP contribution < -0.4 is 5.73 Å². The minimum absolute atomic E-state index is 0.580. The highest BCUT2D eigenvalue weighted by Crippen LogP contribution is 2.08. The Morgan fingerprint density at radius 1 is 1.25 bits per heavy atom. The molecule has 4 nitrogen and oxygen atoms in total. The third-order valence-electron chi connectivity index (χ3n) is 2.63. The van der Waals surface area contributed by atoms with E-state index in [-0.39, 0.29) is 0 Å². The Bertz CT molecular complexity index is 462. The second-order valence-electron chi connectivity index (χ2n) is 3.72. The van der Waals surface area contributed by atoms with Gasteiger partial charge in [0, 0.05) is 31.6 Å². The smallest absolute Gasteiger partial charge is 0.123 e. The summed E-state index contributed by atoms with van der Waals surface area (Å²) in [5, 5.41) is 0. The van der Waals surface area contributed by atoms with Gasteiger partial charge in [0.25, 0.3) is 0 Å². The van der Waals surface area contributed by atoms with Crippen molar-refractivity contribution in [3.05, 3.63) is 42.1 Å². The van der Waals surface area contributed by atoms with E-state index in [1.165, 1.54) is 5.56 Å². The fourth-order valence-electron chi connectivity index (χ4n) is 1.76. The molecule has 2 aromatic heterocycles. The first-order valence-corrected chi connectivity index (χ1v) is 5.50. The summed E-state index contributed by atoms with van der Waals surface area (Å²) < 4.78 is 2.16. The molecule has 0 aromatic carbocycles. The maximum absolute atomic E-state index is 5.63. The van der Waals surface area contributed by atoms with Gasteiger partial charge in [-0.2, -0.15) is 0 Å². The topological polar surface area (TPSA) is 56.7 Å². The van der Waals surface area contributed by atoms with Crippen molar-refractivity contribution in [3.63, 3.8) is 0 Å². The minimum Gasteiger partial charge on any atom is -0.384 e. The molecule has 2 aromatic rings. The molecule has 0 radical (unpaired) electrons. The van der Waals surface area contributed by atoms with Crippen LogP contribution in [0.25, 0.3) is 0 Å². The number of aromatic nitrogens is 3. The summed E-state index contributed by atoms with van der Waals surface area (Å²) in [6.07, 6.45) is 7.49. The van der Waals surface area contributed by atoms with Gasteiger partial charge in [-0.1, -0.05) is 0 Å². The Hall–Kier alpha value is -1.84. The molecule has 0 unspecified atom stereocenters. The summed E-state index contributed by atoms with van der Waals surface area (Å²) in [7, 11) is 0. The standard InChI is InChI=1S/C12H16N4/c1-2-16-8-7-15-12(16)4-3-10-5-6-14-11(13)9-10/h5-9H,2-4H2,1H3,(H2,13,14). The molecule has 16 heavy (non-hydrogen) atoms. The van der Waals surface area contributed by atoms with E-state index in [0.29, 0.717) is 5.82 Å². The van der Waals surface area contributed by atoms with Gasteiger partial charge in [-0.3, -0.25) is 0 Å². The number of pyridine rings is 1. The number of imidazole rings is 1. The Labute approximate surface area is 95.1 Å². The molecule has 2 heterocycles. The van der Waals surface area contributed by atoms with E-state index < -0.39 is 0 Å². The summed E-state index contributed by atoms with van der Waals surface area (Å²) >= 11 is 0. The maximum atomic E-state index is 5.63. The fourth-order valence-corrected chi connectivity index (χ4v) is 1.76. The lowest BCUT2D eigenvalue weighted by Crippen LogP contribution is -2.03. The van der Waals surface area contributed by atoms with Crippen molar-refractivity contribution in [1.82, 2.24) is 14.5 Å². The highest BCUT2D eigenvalue weighted by Gasteiger charge is 2.02. The molecule has 4 heteroatoms. The summed E-state index contributed by atoms with van der Waals surface area (Å²) in [5.41, 5.74) is 6.84. The van der Waals surface area contributed by atoms with Crippen molar-refractivity contribution >= 4 is 5.82 Å². The summed E-state index contributed by atoms with van der Waals surface area (Å²) in [5.74, 6) is 1.70. The first-order valence-electron chi connectivity index (χ1n) is 5.50. The van der Waals surface area contributed by atoms with Gasteiger partial charge < -0.3 is 10.3 Å². The van der Waals surface area contributed by atoms with Crippen LogP contribution in [0, 0.1) is 0 Å². The monoisotopic (exact) mass is 216 g/mol. The van der Waals surface area contributed by atoms with Gasteiger partial charge in [0.05, 0.1) is 0 Å². The lowest BCUT2D eigenvalue weighted by atomic mass is 10.1. The number of nitrogens with two attached hydrogens (primary N) is 1. The van der Waals surface area contributed by atoms with Crippen molar-refractivity contribution in [2.24, 2.45) is 0 Å². The number of hydrogen-bond acceptors (Lipinski definition) is 3. The normalized spacial score (nSPS) is 10.6. The molecule has 0 saturated heterocycles. The molecular weight excluding hydrogens is 200 g/mol. The molecule has 84 valence electrons. The Balaban J connectivity index is 2.02. The predicted octanol–water partition coefficient (Wildman–Crippen LogP) is 1.67. The van der Waals surface area contributed by atoms with Gasteiger partial charge in [0.1, 0.15) is 11.6 Å². The van der Waals surface area contributed by atoms with Crippen LogP contribution in [0.4, 0.5) is 5.82 Å². The molecule has 0 aliphatic carbocycles. The van der Waals surface area contributed by atoms with Crippen LogP contribution in [0.15, 0.2) is 30.7 Å². The number of aryl methyl sites for hydroxylation is 3. The maximum Gasteiger partial charge on any atom is 0.123 e. The number of nitrogen functional groups attached to an aromatic ring is 1. The summed E-state index contributed by atoms with van der Waals surface area (Å²) in [6, 6.07) is 3.91. The number of hydrogen-bond donors (Lipinski definition) is 1. The highest BCUT2D eigenvalue weighted by molar-refractivity contribution is 5.31. The van der Waals surface area contributed by atoms with Crippen molar-refractivity contribution in [1.29, 1.82) is 0 Å². The molecule has 2 rings (SSSR count). The van der Waals surface area contributed by atoms with Crippen LogP contribution >= 0.6 is 0 Å². The van der Waals surface area contributed by atoms with E-state index in [0.717, 1.165) is 25.2 Å². The molecule has 0 aliphatic rings. The first-order chi connectivity index (χ1) is 7.79. The molecule has 0 saturated carbocycles. The van der Waals surface area contributed by atoms with E-state index in [1.54, 1.807) is 6.20 Å². The molecular formula is C12H16N4. The second-order valence-corrected chi connectivity index (χ2v) is 3.72. The number of nitrogens with zero attached hydrogens (tertiary/aromatic N) is 3. The van der Waals surface area contributed by atoms with Crippen LogP contribution in [-0.4, -0.2) is 14.5 Å². The molecule has 0 bridgehead atoms. The highest BCUT2D eigenvalue weighted by atomic mass is 15.0. The van der Waals surface area contributed by atoms with Crippen LogP contribution in [0.1, 0.15) is 18.3 Å². The Morgan fingerprint density at radius 3 is 2.88 bits per heavy atom. The Kier molecular flexibility index (Phi) is 3.19. The largest absolute Gasteiger partial charge is 0.384 e. The van der Waals surface area contributed by atoms with E-state index in [1.807, 2.05) is 24.5 Å². The van der Waals surface area contributed by atoms with Gasteiger partial charge in [0.2, 0.25) is 0 Å². The molecule has 2 N–H and O–H groups in total. The average Bonchev–Trinajstić information content (AvgIpc) is 2.74. The molecule has 0 aliphatic heterocycles. The van der Waals surface area contributed by atoms with Crippen LogP contribution in [-0.2, 0) is 19.4 Å². The quantitative estimate of drug-likeness (QED) is 0.845. The molecule has 0 spiro atoms.